The minimum Gasteiger partial charge on any atom is -0.256 e. The van der Waals surface area contributed by atoms with Crippen LogP contribution in [0.1, 0.15) is 0 Å². The Bertz CT molecular complexity index is 1060. The van der Waals surface area contributed by atoms with E-state index in [4.69, 9.17) is 0 Å². The first kappa shape index (κ1) is 24.3. The van der Waals surface area contributed by atoms with Crippen LogP contribution in [0.4, 0.5) is 17.6 Å². The minimum absolute atomic E-state index is 0.664. The maximum Gasteiger partial charge on any atom is 0.176 e. The number of halogens is 6. The van der Waals surface area contributed by atoms with Crippen LogP contribution in [-0.2, 0) is 0 Å². The zero-order chi connectivity index (χ0) is 23.1. The van der Waals surface area contributed by atoms with Crippen LogP contribution in [0.3, 0.4) is 0 Å². The fraction of sp³-hybridized carbons (Fsp3) is 0. The second kappa shape index (κ2) is 11.5. The SMILES string of the molecule is Fc1c(F)c(I)c(F)c(F)c1I.c1ccc2ncccc2c1.c1ccc2ncccc2c1. The van der Waals surface area contributed by atoms with Crippen molar-refractivity contribution in [2.45, 2.75) is 0 Å². The van der Waals surface area contributed by atoms with Crippen LogP contribution in [0.2, 0.25) is 0 Å². The molecule has 0 spiro atoms. The molecule has 0 aliphatic carbocycles. The van der Waals surface area contributed by atoms with Gasteiger partial charge in [0.1, 0.15) is 0 Å². The lowest BCUT2D eigenvalue weighted by Crippen LogP contribution is -2.02. The lowest BCUT2D eigenvalue weighted by atomic mass is 10.2. The maximum atomic E-state index is 12.6. The number of para-hydroxylation sites is 2. The Balaban J connectivity index is 0.000000136. The molecule has 162 valence electrons. The Kier molecular flexibility index (Phi) is 8.74. The molecule has 5 aromatic rings. The van der Waals surface area contributed by atoms with E-state index in [9.17, 15) is 17.6 Å². The summed E-state index contributed by atoms with van der Waals surface area (Å²) in [5, 5.41) is 2.40. The van der Waals surface area contributed by atoms with Crippen LogP contribution in [-0.4, -0.2) is 9.97 Å². The van der Waals surface area contributed by atoms with E-state index in [2.05, 4.69) is 34.2 Å². The first-order valence-corrected chi connectivity index (χ1v) is 11.3. The molecule has 0 aliphatic heterocycles. The van der Waals surface area contributed by atoms with Gasteiger partial charge in [-0.25, -0.2) is 17.6 Å². The summed E-state index contributed by atoms with van der Waals surface area (Å²) in [5.74, 6) is -5.39. The molecule has 0 saturated heterocycles. The summed E-state index contributed by atoms with van der Waals surface area (Å²) in [4.78, 5) is 8.36. The molecule has 0 bridgehead atoms. The third-order valence-corrected chi connectivity index (χ3v) is 6.07. The lowest BCUT2D eigenvalue weighted by Gasteiger charge is -2.02. The Morgan fingerprint density at radius 2 is 0.781 bits per heavy atom. The summed E-state index contributed by atoms with van der Waals surface area (Å²) in [6.45, 7) is 0. The first-order chi connectivity index (χ1) is 15.4. The van der Waals surface area contributed by atoms with Crippen molar-refractivity contribution in [1.29, 1.82) is 0 Å². The van der Waals surface area contributed by atoms with Crippen molar-refractivity contribution in [3.05, 3.63) is 116 Å². The average molecular weight is 660 g/mol. The molecule has 0 N–H and O–H groups in total. The second-order valence-electron chi connectivity index (χ2n) is 6.28. The Morgan fingerprint density at radius 1 is 0.469 bits per heavy atom. The number of pyridine rings is 2. The van der Waals surface area contributed by atoms with Gasteiger partial charge in [-0.1, -0.05) is 48.5 Å². The molecule has 32 heavy (non-hydrogen) atoms. The summed E-state index contributed by atoms with van der Waals surface area (Å²) in [5.41, 5.74) is 2.12. The van der Waals surface area contributed by atoms with Gasteiger partial charge in [-0.05, 0) is 69.4 Å². The molecule has 0 radical (unpaired) electrons. The molecule has 0 saturated carbocycles. The van der Waals surface area contributed by atoms with Crippen molar-refractivity contribution in [2.75, 3.05) is 0 Å². The van der Waals surface area contributed by atoms with Crippen LogP contribution in [0.5, 0.6) is 0 Å². The van der Waals surface area contributed by atoms with E-state index < -0.39 is 30.4 Å². The Hall–Kier alpha value is -2.34. The van der Waals surface area contributed by atoms with Crippen molar-refractivity contribution < 1.29 is 17.6 Å². The number of hydrogen-bond donors (Lipinski definition) is 0. The summed E-state index contributed by atoms with van der Waals surface area (Å²) < 4.78 is 49.2. The van der Waals surface area contributed by atoms with Gasteiger partial charge in [0.05, 0.1) is 18.2 Å². The molecular weight excluding hydrogens is 646 g/mol. The van der Waals surface area contributed by atoms with Gasteiger partial charge >= 0.3 is 0 Å². The molecular formula is C24H14F4I2N2. The molecule has 5 rings (SSSR count). The van der Waals surface area contributed by atoms with Gasteiger partial charge in [0.25, 0.3) is 0 Å². The predicted octanol–water partition coefficient (Wildman–Crippen LogP) is 7.92. The quantitative estimate of drug-likeness (QED) is 0.0731. The van der Waals surface area contributed by atoms with Crippen molar-refractivity contribution in [3.63, 3.8) is 0 Å². The van der Waals surface area contributed by atoms with Gasteiger partial charge in [0.15, 0.2) is 23.3 Å². The topological polar surface area (TPSA) is 25.8 Å². The molecule has 0 unspecified atom stereocenters. The summed E-state index contributed by atoms with van der Waals surface area (Å²) >= 11 is 2.41. The maximum absolute atomic E-state index is 12.6. The van der Waals surface area contributed by atoms with Crippen LogP contribution in [0, 0.1) is 30.4 Å². The van der Waals surface area contributed by atoms with Gasteiger partial charge in [0.2, 0.25) is 0 Å². The smallest absolute Gasteiger partial charge is 0.176 e. The van der Waals surface area contributed by atoms with Gasteiger partial charge in [0, 0.05) is 23.2 Å². The van der Waals surface area contributed by atoms with E-state index >= 15 is 0 Å². The van der Waals surface area contributed by atoms with E-state index in [1.54, 1.807) is 0 Å². The number of fused-ring (bicyclic) bond motifs is 2. The zero-order valence-electron chi connectivity index (χ0n) is 16.2. The number of rotatable bonds is 0. The van der Waals surface area contributed by atoms with E-state index in [1.807, 2.05) is 60.9 Å². The van der Waals surface area contributed by atoms with Crippen LogP contribution >= 0.6 is 45.2 Å². The minimum atomic E-state index is -1.35. The molecule has 0 amide bonds. The highest BCUT2D eigenvalue weighted by atomic mass is 127. The monoisotopic (exact) mass is 660 g/mol. The fourth-order valence-corrected chi connectivity index (χ4v) is 3.56. The van der Waals surface area contributed by atoms with E-state index in [-0.39, 0.29) is 0 Å². The molecule has 2 nitrogen and oxygen atoms in total. The fourth-order valence-electron chi connectivity index (χ4n) is 2.61. The van der Waals surface area contributed by atoms with Crippen molar-refractivity contribution >= 4 is 67.0 Å². The standard InChI is InChI=1S/2C9H7N.C6F4I2/c2*1-2-6-9-8(4-1)5-3-7-10-9;7-1-2(8)6(12)4(10)3(9)5(1)11/h2*1-7H;. The highest BCUT2D eigenvalue weighted by Gasteiger charge is 2.21. The van der Waals surface area contributed by atoms with Crippen LogP contribution in [0.25, 0.3) is 21.8 Å². The predicted molar refractivity (Wildman–Crippen MR) is 135 cm³/mol. The Morgan fingerprint density at radius 3 is 1.12 bits per heavy atom. The van der Waals surface area contributed by atoms with E-state index in [1.165, 1.54) is 56.0 Å². The number of aromatic nitrogens is 2. The second-order valence-corrected chi connectivity index (χ2v) is 8.43. The molecule has 3 aromatic carbocycles. The van der Waals surface area contributed by atoms with Gasteiger partial charge in [-0.2, -0.15) is 0 Å². The zero-order valence-corrected chi connectivity index (χ0v) is 20.6. The Labute approximate surface area is 209 Å². The molecule has 2 aromatic heterocycles. The lowest BCUT2D eigenvalue weighted by molar-refractivity contribution is 0.437. The molecule has 0 fully saturated rings. The third-order valence-electron chi connectivity index (χ3n) is 4.18. The summed E-state index contributed by atoms with van der Waals surface area (Å²) in [6.07, 6.45) is 3.62. The largest absolute Gasteiger partial charge is 0.256 e. The van der Waals surface area contributed by atoms with Gasteiger partial charge < -0.3 is 0 Å². The third kappa shape index (κ3) is 5.91. The van der Waals surface area contributed by atoms with E-state index in [0.717, 1.165) is 11.0 Å². The molecule has 8 heteroatoms. The van der Waals surface area contributed by atoms with Crippen LogP contribution in [0.15, 0.2) is 85.2 Å². The van der Waals surface area contributed by atoms with Gasteiger partial charge in [-0.3, -0.25) is 9.97 Å². The molecule has 0 atom stereocenters. The summed E-state index contributed by atoms with van der Waals surface area (Å²) in [7, 11) is 0. The highest BCUT2D eigenvalue weighted by Crippen LogP contribution is 2.26. The van der Waals surface area contributed by atoms with Crippen molar-refractivity contribution in [2.24, 2.45) is 0 Å². The first-order valence-electron chi connectivity index (χ1n) is 9.16. The van der Waals surface area contributed by atoms with E-state index in [0.29, 0.717) is 0 Å². The van der Waals surface area contributed by atoms with Crippen molar-refractivity contribution in [1.82, 2.24) is 9.97 Å². The average Bonchev–Trinajstić information content (AvgIpc) is 2.86. The number of nitrogens with zero attached hydrogens (tertiary/aromatic N) is 2. The number of benzene rings is 3. The van der Waals surface area contributed by atoms with Crippen molar-refractivity contribution in [3.8, 4) is 0 Å². The number of hydrogen-bond acceptors (Lipinski definition) is 2. The molecule has 0 aliphatic rings. The van der Waals surface area contributed by atoms with Gasteiger partial charge in [-0.15, -0.1) is 0 Å². The normalized spacial score (nSPS) is 10.2. The van der Waals surface area contributed by atoms with Crippen LogP contribution < -0.4 is 0 Å². The molecule has 2 heterocycles. The highest BCUT2D eigenvalue weighted by molar-refractivity contribution is 14.1. The summed E-state index contributed by atoms with van der Waals surface area (Å²) in [6, 6.07) is 24.2.